The Morgan fingerprint density at radius 2 is 1.86 bits per heavy atom. The number of aryl methyl sites for hydroxylation is 1. The summed E-state index contributed by atoms with van der Waals surface area (Å²) in [5.41, 5.74) is 7.58. The van der Waals surface area contributed by atoms with Crippen LogP contribution in [0.1, 0.15) is 24.8 Å². The van der Waals surface area contributed by atoms with Gasteiger partial charge in [0, 0.05) is 17.9 Å². The number of hydrogen-bond acceptors (Lipinski definition) is 2. The smallest absolute Gasteiger partial charge is 0.0270 e. The topological polar surface area (TPSA) is 38.9 Å². The van der Waals surface area contributed by atoms with Gasteiger partial charge in [0.1, 0.15) is 0 Å². The van der Waals surface area contributed by atoms with Crippen molar-refractivity contribution < 1.29 is 0 Å². The van der Waals surface area contributed by atoms with Crippen molar-refractivity contribution in [2.24, 2.45) is 5.73 Å². The molecule has 1 heterocycles. The monoisotopic (exact) mass is 188 g/mol. The number of nitrogens with zero attached hydrogens (tertiary/aromatic N) is 1. The van der Waals surface area contributed by atoms with E-state index in [2.05, 4.69) is 29.3 Å². The summed E-state index contributed by atoms with van der Waals surface area (Å²) >= 11 is 0. The van der Waals surface area contributed by atoms with Crippen molar-refractivity contribution in [3.05, 3.63) is 42.2 Å². The van der Waals surface area contributed by atoms with Crippen molar-refractivity contribution in [2.75, 3.05) is 0 Å². The Labute approximate surface area is 84.9 Å². The SMILES string of the molecule is NC1(CCc2ccncc2)CC=CC1. The molecule has 14 heavy (non-hydrogen) atoms. The molecule has 0 saturated carbocycles. The van der Waals surface area contributed by atoms with Crippen LogP contribution >= 0.6 is 0 Å². The van der Waals surface area contributed by atoms with Gasteiger partial charge in [-0.25, -0.2) is 0 Å². The fourth-order valence-electron chi connectivity index (χ4n) is 1.87. The van der Waals surface area contributed by atoms with Crippen molar-refractivity contribution in [3.8, 4) is 0 Å². The molecule has 0 unspecified atom stereocenters. The summed E-state index contributed by atoms with van der Waals surface area (Å²) < 4.78 is 0. The van der Waals surface area contributed by atoms with E-state index in [1.165, 1.54) is 5.56 Å². The van der Waals surface area contributed by atoms with E-state index in [0.29, 0.717) is 0 Å². The number of nitrogens with two attached hydrogens (primary N) is 1. The van der Waals surface area contributed by atoms with E-state index < -0.39 is 0 Å². The van der Waals surface area contributed by atoms with Crippen molar-refractivity contribution in [3.63, 3.8) is 0 Å². The van der Waals surface area contributed by atoms with Crippen molar-refractivity contribution in [1.29, 1.82) is 0 Å². The van der Waals surface area contributed by atoms with Crippen LogP contribution in [0.4, 0.5) is 0 Å². The minimum Gasteiger partial charge on any atom is -0.325 e. The molecule has 0 aliphatic heterocycles. The first-order chi connectivity index (χ1) is 6.79. The van der Waals surface area contributed by atoms with Gasteiger partial charge < -0.3 is 5.73 Å². The van der Waals surface area contributed by atoms with E-state index in [1.54, 1.807) is 0 Å². The fourth-order valence-corrected chi connectivity index (χ4v) is 1.87. The molecule has 1 aliphatic carbocycles. The van der Waals surface area contributed by atoms with E-state index in [9.17, 15) is 0 Å². The van der Waals surface area contributed by atoms with Crippen molar-refractivity contribution in [2.45, 2.75) is 31.2 Å². The molecule has 0 aromatic carbocycles. The lowest BCUT2D eigenvalue weighted by Crippen LogP contribution is -2.37. The molecule has 0 bridgehead atoms. The molecule has 0 spiro atoms. The molecule has 0 amide bonds. The molecule has 0 fully saturated rings. The van der Waals surface area contributed by atoms with Gasteiger partial charge >= 0.3 is 0 Å². The van der Waals surface area contributed by atoms with Crippen LogP contribution in [-0.2, 0) is 6.42 Å². The zero-order valence-electron chi connectivity index (χ0n) is 8.32. The summed E-state index contributed by atoms with van der Waals surface area (Å²) in [4.78, 5) is 4.00. The van der Waals surface area contributed by atoms with Crippen LogP contribution in [-0.4, -0.2) is 10.5 Å². The Bertz CT molecular complexity index is 308. The Hall–Kier alpha value is -1.15. The molecule has 2 rings (SSSR count). The molecule has 1 aliphatic rings. The molecule has 2 heteroatoms. The van der Waals surface area contributed by atoms with Crippen LogP contribution in [0, 0.1) is 0 Å². The second-order valence-electron chi connectivity index (χ2n) is 4.10. The highest BCUT2D eigenvalue weighted by Gasteiger charge is 2.24. The Balaban J connectivity index is 1.89. The quantitative estimate of drug-likeness (QED) is 0.737. The average molecular weight is 188 g/mol. The fraction of sp³-hybridized carbons (Fsp3) is 0.417. The second kappa shape index (κ2) is 3.93. The molecule has 2 N–H and O–H groups in total. The lowest BCUT2D eigenvalue weighted by Gasteiger charge is -2.23. The van der Waals surface area contributed by atoms with E-state index >= 15 is 0 Å². The minimum atomic E-state index is 0.0171. The minimum absolute atomic E-state index is 0.0171. The normalized spacial score (nSPS) is 18.6. The van der Waals surface area contributed by atoms with E-state index in [1.807, 2.05) is 12.4 Å². The van der Waals surface area contributed by atoms with Crippen molar-refractivity contribution >= 4 is 0 Å². The first-order valence-electron chi connectivity index (χ1n) is 5.11. The molecule has 0 saturated heterocycles. The summed E-state index contributed by atoms with van der Waals surface area (Å²) in [7, 11) is 0. The molecule has 1 aromatic heterocycles. The summed E-state index contributed by atoms with van der Waals surface area (Å²) in [5, 5.41) is 0. The van der Waals surface area contributed by atoms with Crippen LogP contribution < -0.4 is 5.73 Å². The van der Waals surface area contributed by atoms with Gasteiger partial charge in [0.05, 0.1) is 0 Å². The zero-order valence-corrected chi connectivity index (χ0v) is 8.32. The van der Waals surface area contributed by atoms with Gasteiger partial charge in [-0.15, -0.1) is 0 Å². The Morgan fingerprint density at radius 1 is 1.21 bits per heavy atom. The third-order valence-corrected chi connectivity index (χ3v) is 2.88. The molecule has 74 valence electrons. The van der Waals surface area contributed by atoms with Crippen LogP contribution in [0.5, 0.6) is 0 Å². The maximum Gasteiger partial charge on any atom is 0.0270 e. The van der Waals surface area contributed by atoms with Crippen LogP contribution in [0.2, 0.25) is 0 Å². The predicted molar refractivity (Wildman–Crippen MR) is 57.9 cm³/mol. The van der Waals surface area contributed by atoms with E-state index in [-0.39, 0.29) is 5.54 Å². The third-order valence-electron chi connectivity index (χ3n) is 2.88. The largest absolute Gasteiger partial charge is 0.325 e. The summed E-state index contributed by atoms with van der Waals surface area (Å²) in [6.07, 6.45) is 12.2. The highest BCUT2D eigenvalue weighted by Crippen LogP contribution is 2.25. The highest BCUT2D eigenvalue weighted by molar-refractivity contribution is 5.13. The standard InChI is InChI=1S/C12H16N2/c13-12(6-1-2-7-12)8-3-11-4-9-14-10-5-11/h1-2,4-5,9-10H,3,6-8,13H2. The molecule has 1 aromatic rings. The molecule has 0 radical (unpaired) electrons. The maximum atomic E-state index is 6.23. The van der Waals surface area contributed by atoms with Crippen LogP contribution in [0.3, 0.4) is 0 Å². The number of aromatic nitrogens is 1. The first-order valence-corrected chi connectivity index (χ1v) is 5.11. The lowest BCUT2D eigenvalue weighted by molar-refractivity contribution is 0.420. The maximum absolute atomic E-state index is 6.23. The molecular weight excluding hydrogens is 172 g/mol. The third kappa shape index (κ3) is 2.20. The summed E-state index contributed by atoms with van der Waals surface area (Å²) in [6, 6.07) is 4.12. The van der Waals surface area contributed by atoms with Gasteiger partial charge in [-0.3, -0.25) is 4.98 Å². The van der Waals surface area contributed by atoms with Gasteiger partial charge in [-0.1, -0.05) is 12.2 Å². The summed E-state index contributed by atoms with van der Waals surface area (Å²) in [5.74, 6) is 0. The van der Waals surface area contributed by atoms with Crippen LogP contribution in [0.25, 0.3) is 0 Å². The van der Waals surface area contributed by atoms with E-state index in [0.717, 1.165) is 25.7 Å². The lowest BCUT2D eigenvalue weighted by atomic mass is 9.90. The van der Waals surface area contributed by atoms with Gasteiger partial charge in [-0.2, -0.15) is 0 Å². The Kier molecular flexibility index (Phi) is 2.64. The molecular formula is C12H16N2. The van der Waals surface area contributed by atoms with Crippen molar-refractivity contribution in [1.82, 2.24) is 4.98 Å². The van der Waals surface area contributed by atoms with Crippen LogP contribution in [0.15, 0.2) is 36.7 Å². The number of rotatable bonds is 3. The summed E-state index contributed by atoms with van der Waals surface area (Å²) in [6.45, 7) is 0. The van der Waals surface area contributed by atoms with Gasteiger partial charge in [0.15, 0.2) is 0 Å². The predicted octanol–water partition coefficient (Wildman–Crippen LogP) is 2.06. The second-order valence-corrected chi connectivity index (χ2v) is 4.10. The van der Waals surface area contributed by atoms with Gasteiger partial charge in [0.2, 0.25) is 0 Å². The van der Waals surface area contributed by atoms with E-state index in [4.69, 9.17) is 5.73 Å². The molecule has 0 atom stereocenters. The first kappa shape index (κ1) is 9.41. The highest BCUT2D eigenvalue weighted by atomic mass is 14.7. The zero-order chi connectivity index (χ0) is 9.86. The van der Waals surface area contributed by atoms with Gasteiger partial charge in [0.25, 0.3) is 0 Å². The molecule has 2 nitrogen and oxygen atoms in total. The number of pyridine rings is 1. The van der Waals surface area contributed by atoms with Gasteiger partial charge in [-0.05, 0) is 43.4 Å². The Morgan fingerprint density at radius 3 is 2.50 bits per heavy atom. The average Bonchev–Trinajstić information content (AvgIpc) is 2.65. The number of hydrogen-bond donors (Lipinski definition) is 1.